The molecule has 4 unspecified atom stereocenters. The molecule has 1 saturated carbocycles. The van der Waals surface area contributed by atoms with Gasteiger partial charge in [-0.15, -0.1) is 0 Å². The molecule has 0 radical (unpaired) electrons. The zero-order valence-electron chi connectivity index (χ0n) is 10.8. The number of likely N-dealkylation sites (tertiary alicyclic amines) is 1. The Morgan fingerprint density at radius 1 is 1.22 bits per heavy atom. The van der Waals surface area contributed by atoms with Crippen LogP contribution < -0.4 is 5.73 Å². The molecule has 2 fully saturated rings. The van der Waals surface area contributed by atoms with Crippen LogP contribution in [0.4, 0.5) is 0 Å². The normalized spacial score (nSPS) is 33.6. The molecule has 4 atom stereocenters. The first-order valence-corrected chi connectivity index (χ1v) is 7.28. The van der Waals surface area contributed by atoms with Crippen molar-refractivity contribution in [2.24, 2.45) is 17.6 Å². The number of nitrogens with two attached hydrogens (primary N) is 1. The Hall–Kier alpha value is -0.570. The smallest absolute Gasteiger partial charge is 0.0406 e. The van der Waals surface area contributed by atoms with E-state index >= 15 is 0 Å². The molecule has 0 spiro atoms. The van der Waals surface area contributed by atoms with E-state index in [4.69, 9.17) is 17.3 Å². The molecule has 3 rings (SSSR count). The van der Waals surface area contributed by atoms with Crippen LogP contribution in [-0.4, -0.2) is 24.0 Å². The van der Waals surface area contributed by atoms with E-state index < -0.39 is 0 Å². The fourth-order valence-electron chi connectivity index (χ4n) is 3.61. The second kappa shape index (κ2) is 4.84. The highest BCUT2D eigenvalue weighted by Crippen LogP contribution is 2.40. The van der Waals surface area contributed by atoms with Crippen LogP contribution in [0.2, 0.25) is 5.02 Å². The lowest BCUT2D eigenvalue weighted by molar-refractivity contribution is 0.239. The summed E-state index contributed by atoms with van der Waals surface area (Å²) in [5.41, 5.74) is 7.55. The van der Waals surface area contributed by atoms with Gasteiger partial charge in [-0.3, -0.25) is 4.90 Å². The standard InChI is InChI=1S/C15H21ClN2/c1-10(11-2-5-13(16)6-3-11)18-8-12-4-7-15(17)14(12)9-18/h2-3,5-6,10,12,14-15H,4,7-9,17H2,1H3. The van der Waals surface area contributed by atoms with Gasteiger partial charge >= 0.3 is 0 Å². The molecule has 0 amide bonds. The monoisotopic (exact) mass is 264 g/mol. The minimum absolute atomic E-state index is 0.428. The molecule has 1 aromatic rings. The number of halogens is 1. The summed E-state index contributed by atoms with van der Waals surface area (Å²) in [6.07, 6.45) is 2.54. The maximum absolute atomic E-state index is 6.20. The predicted octanol–water partition coefficient (Wildman–Crippen LogP) is 3.07. The Morgan fingerprint density at radius 3 is 2.61 bits per heavy atom. The largest absolute Gasteiger partial charge is 0.327 e. The molecule has 18 heavy (non-hydrogen) atoms. The number of fused-ring (bicyclic) bond motifs is 1. The van der Waals surface area contributed by atoms with Crippen molar-refractivity contribution in [2.75, 3.05) is 13.1 Å². The van der Waals surface area contributed by atoms with Gasteiger partial charge in [-0.1, -0.05) is 23.7 Å². The van der Waals surface area contributed by atoms with E-state index in [1.165, 1.54) is 24.9 Å². The van der Waals surface area contributed by atoms with E-state index in [-0.39, 0.29) is 0 Å². The van der Waals surface area contributed by atoms with Crippen LogP contribution in [-0.2, 0) is 0 Å². The minimum atomic E-state index is 0.428. The topological polar surface area (TPSA) is 29.3 Å². The molecule has 3 heteroatoms. The Kier molecular flexibility index (Phi) is 3.35. The van der Waals surface area contributed by atoms with Gasteiger partial charge in [0, 0.05) is 30.2 Å². The molecule has 0 bridgehead atoms. The van der Waals surface area contributed by atoms with Crippen molar-refractivity contribution in [1.29, 1.82) is 0 Å². The Labute approximate surface area is 114 Å². The number of benzene rings is 1. The fourth-order valence-corrected chi connectivity index (χ4v) is 3.74. The molecule has 1 aliphatic heterocycles. The molecule has 1 saturated heterocycles. The summed E-state index contributed by atoms with van der Waals surface area (Å²) in [6, 6.07) is 9.14. The first kappa shape index (κ1) is 12.5. The van der Waals surface area contributed by atoms with Crippen LogP contribution in [0.15, 0.2) is 24.3 Å². The van der Waals surface area contributed by atoms with Crippen molar-refractivity contribution in [1.82, 2.24) is 4.90 Å². The fraction of sp³-hybridized carbons (Fsp3) is 0.600. The lowest BCUT2D eigenvalue weighted by Crippen LogP contribution is -2.31. The van der Waals surface area contributed by atoms with E-state index in [0.717, 1.165) is 23.4 Å². The Bertz CT molecular complexity index is 417. The third-order valence-corrected chi connectivity index (χ3v) is 5.09. The van der Waals surface area contributed by atoms with Crippen LogP contribution >= 0.6 is 11.6 Å². The van der Waals surface area contributed by atoms with Crippen molar-refractivity contribution < 1.29 is 0 Å². The van der Waals surface area contributed by atoms with E-state index in [9.17, 15) is 0 Å². The van der Waals surface area contributed by atoms with Crippen LogP contribution in [0.25, 0.3) is 0 Å². The second-order valence-electron chi connectivity index (χ2n) is 5.85. The van der Waals surface area contributed by atoms with Gasteiger partial charge in [-0.05, 0) is 49.3 Å². The van der Waals surface area contributed by atoms with Crippen molar-refractivity contribution in [3.8, 4) is 0 Å². The average molecular weight is 265 g/mol. The first-order valence-electron chi connectivity index (χ1n) is 6.90. The summed E-state index contributed by atoms with van der Waals surface area (Å²) < 4.78 is 0. The number of hydrogen-bond donors (Lipinski definition) is 1. The third kappa shape index (κ3) is 2.18. The minimum Gasteiger partial charge on any atom is -0.327 e. The molecule has 1 heterocycles. The van der Waals surface area contributed by atoms with Crippen molar-refractivity contribution >= 4 is 11.6 Å². The predicted molar refractivity (Wildman–Crippen MR) is 75.6 cm³/mol. The molecular weight excluding hydrogens is 244 g/mol. The third-order valence-electron chi connectivity index (χ3n) is 4.84. The van der Waals surface area contributed by atoms with Gasteiger partial charge in [0.15, 0.2) is 0 Å². The summed E-state index contributed by atoms with van der Waals surface area (Å²) in [5.74, 6) is 1.55. The highest BCUT2D eigenvalue weighted by molar-refractivity contribution is 6.30. The zero-order chi connectivity index (χ0) is 12.7. The highest BCUT2D eigenvalue weighted by Gasteiger charge is 2.42. The average Bonchev–Trinajstić information content (AvgIpc) is 2.92. The first-order chi connectivity index (χ1) is 8.65. The van der Waals surface area contributed by atoms with Gasteiger partial charge in [0.2, 0.25) is 0 Å². The molecule has 1 aliphatic carbocycles. The highest BCUT2D eigenvalue weighted by atomic mass is 35.5. The maximum atomic E-state index is 6.20. The molecule has 1 aromatic carbocycles. The number of nitrogens with zero attached hydrogens (tertiary/aromatic N) is 1. The van der Waals surface area contributed by atoms with E-state index in [1.807, 2.05) is 12.1 Å². The van der Waals surface area contributed by atoms with Crippen LogP contribution in [0.1, 0.15) is 31.4 Å². The van der Waals surface area contributed by atoms with Crippen molar-refractivity contribution in [3.63, 3.8) is 0 Å². The summed E-state index contributed by atoms with van der Waals surface area (Å²) in [4.78, 5) is 2.58. The van der Waals surface area contributed by atoms with Gasteiger partial charge in [-0.25, -0.2) is 0 Å². The number of rotatable bonds is 2. The van der Waals surface area contributed by atoms with Gasteiger partial charge in [-0.2, -0.15) is 0 Å². The lowest BCUT2D eigenvalue weighted by Gasteiger charge is -2.26. The molecule has 0 aromatic heterocycles. The van der Waals surface area contributed by atoms with Crippen molar-refractivity contribution in [2.45, 2.75) is 31.8 Å². The van der Waals surface area contributed by atoms with E-state index in [0.29, 0.717) is 12.1 Å². The summed E-state index contributed by atoms with van der Waals surface area (Å²) >= 11 is 5.94. The van der Waals surface area contributed by atoms with Crippen LogP contribution in [0, 0.1) is 11.8 Å². The summed E-state index contributed by atoms with van der Waals surface area (Å²) in [5, 5.41) is 0.811. The number of hydrogen-bond acceptors (Lipinski definition) is 2. The van der Waals surface area contributed by atoms with E-state index in [2.05, 4.69) is 24.0 Å². The van der Waals surface area contributed by atoms with Crippen LogP contribution in [0.3, 0.4) is 0 Å². The SMILES string of the molecule is CC(c1ccc(Cl)cc1)N1CC2CCC(N)C2C1. The van der Waals surface area contributed by atoms with E-state index in [1.54, 1.807) is 0 Å². The quantitative estimate of drug-likeness (QED) is 0.890. The Morgan fingerprint density at radius 2 is 1.94 bits per heavy atom. The van der Waals surface area contributed by atoms with Gasteiger partial charge in [0.1, 0.15) is 0 Å². The maximum Gasteiger partial charge on any atom is 0.0406 e. The Balaban J connectivity index is 1.71. The van der Waals surface area contributed by atoms with Gasteiger partial charge in [0.05, 0.1) is 0 Å². The zero-order valence-corrected chi connectivity index (χ0v) is 11.6. The molecular formula is C15H21ClN2. The summed E-state index contributed by atoms with van der Waals surface area (Å²) in [7, 11) is 0. The molecule has 2 nitrogen and oxygen atoms in total. The summed E-state index contributed by atoms with van der Waals surface area (Å²) in [6.45, 7) is 4.66. The van der Waals surface area contributed by atoms with Crippen LogP contribution in [0.5, 0.6) is 0 Å². The molecule has 2 N–H and O–H groups in total. The van der Waals surface area contributed by atoms with Gasteiger partial charge < -0.3 is 5.73 Å². The second-order valence-corrected chi connectivity index (χ2v) is 6.28. The van der Waals surface area contributed by atoms with Crippen molar-refractivity contribution in [3.05, 3.63) is 34.9 Å². The lowest BCUT2D eigenvalue weighted by atomic mass is 9.98. The molecule has 2 aliphatic rings. The van der Waals surface area contributed by atoms with Gasteiger partial charge in [0.25, 0.3) is 0 Å². The molecule has 98 valence electrons.